The number of nitrogens with one attached hydrogen (secondary N) is 2. The van der Waals surface area contributed by atoms with Crippen LogP contribution in [-0.2, 0) is 0 Å². The van der Waals surface area contributed by atoms with E-state index in [1.54, 1.807) is 6.26 Å². The van der Waals surface area contributed by atoms with Crippen LogP contribution in [0.1, 0.15) is 50.8 Å². The van der Waals surface area contributed by atoms with E-state index >= 15 is 0 Å². The molecule has 4 rings (SSSR count). The molecule has 2 saturated heterocycles. The Morgan fingerprint density at radius 1 is 1.22 bits per heavy atom. The Morgan fingerprint density at radius 2 is 2.07 bits per heavy atom. The molecule has 6 nitrogen and oxygen atoms in total. The first-order valence-corrected chi connectivity index (χ1v) is 10.9. The Hall–Kier alpha value is -1.53. The van der Waals surface area contributed by atoms with Crippen LogP contribution in [0.4, 0.5) is 0 Å². The van der Waals surface area contributed by atoms with Crippen LogP contribution in [0.3, 0.4) is 0 Å². The molecule has 27 heavy (non-hydrogen) atoms. The van der Waals surface area contributed by atoms with Crippen molar-refractivity contribution in [2.75, 3.05) is 45.8 Å². The van der Waals surface area contributed by atoms with Gasteiger partial charge in [0.05, 0.1) is 18.8 Å². The van der Waals surface area contributed by atoms with Crippen LogP contribution in [0.15, 0.2) is 27.8 Å². The van der Waals surface area contributed by atoms with Crippen molar-refractivity contribution in [1.29, 1.82) is 0 Å². The molecule has 2 atom stereocenters. The summed E-state index contributed by atoms with van der Waals surface area (Å²) in [6, 6.07) is 5.21. The number of hydrogen-bond donors (Lipinski definition) is 2. The molecule has 2 aliphatic heterocycles. The third-order valence-electron chi connectivity index (χ3n) is 6.16. The first-order valence-electron chi connectivity index (χ1n) is 10.9. The van der Waals surface area contributed by atoms with Gasteiger partial charge in [0.1, 0.15) is 5.76 Å². The molecule has 6 heteroatoms. The highest BCUT2D eigenvalue weighted by Crippen LogP contribution is 2.31. The zero-order chi connectivity index (χ0) is 18.5. The van der Waals surface area contributed by atoms with Crippen LogP contribution in [0.5, 0.6) is 0 Å². The number of rotatable bonds is 8. The minimum absolute atomic E-state index is 0.245. The molecule has 0 radical (unpaired) electrons. The van der Waals surface area contributed by atoms with Gasteiger partial charge in [-0.05, 0) is 76.7 Å². The largest absolute Gasteiger partial charge is 0.468 e. The van der Waals surface area contributed by atoms with Crippen LogP contribution in [0.2, 0.25) is 0 Å². The summed E-state index contributed by atoms with van der Waals surface area (Å²) in [6.07, 6.45) is 8.46. The van der Waals surface area contributed by atoms with Gasteiger partial charge in [-0.25, -0.2) is 0 Å². The number of guanidine groups is 1. The molecular formula is C21H35N5O. The van der Waals surface area contributed by atoms with E-state index in [-0.39, 0.29) is 6.04 Å². The minimum Gasteiger partial charge on any atom is -0.468 e. The monoisotopic (exact) mass is 373 g/mol. The quantitative estimate of drug-likeness (QED) is 0.542. The fourth-order valence-electron chi connectivity index (χ4n) is 4.48. The van der Waals surface area contributed by atoms with E-state index in [1.165, 1.54) is 45.2 Å². The second-order valence-electron chi connectivity index (χ2n) is 8.26. The summed E-state index contributed by atoms with van der Waals surface area (Å²) in [5.74, 6) is 2.72. The lowest BCUT2D eigenvalue weighted by atomic mass is 10.1. The van der Waals surface area contributed by atoms with Gasteiger partial charge in [0.2, 0.25) is 0 Å². The molecule has 1 aliphatic carbocycles. The topological polar surface area (TPSA) is 56.0 Å². The molecule has 0 aromatic carbocycles. The smallest absolute Gasteiger partial charge is 0.191 e. The predicted octanol–water partition coefficient (Wildman–Crippen LogP) is 2.46. The SMILES string of the molecule is CCNC(=NCC(c1ccco1)N1CCCC1)NCC1CCN(C2CC2)C1. The van der Waals surface area contributed by atoms with Gasteiger partial charge in [-0.15, -0.1) is 0 Å². The van der Waals surface area contributed by atoms with E-state index in [0.717, 1.165) is 56.4 Å². The number of nitrogens with zero attached hydrogens (tertiary/aromatic N) is 3. The molecule has 2 N–H and O–H groups in total. The van der Waals surface area contributed by atoms with Crippen LogP contribution in [-0.4, -0.2) is 67.6 Å². The molecule has 3 fully saturated rings. The molecular weight excluding hydrogens is 338 g/mol. The van der Waals surface area contributed by atoms with Gasteiger partial charge < -0.3 is 20.0 Å². The van der Waals surface area contributed by atoms with E-state index < -0.39 is 0 Å². The lowest BCUT2D eigenvalue weighted by Crippen LogP contribution is -2.41. The molecule has 150 valence electrons. The summed E-state index contributed by atoms with van der Waals surface area (Å²) >= 11 is 0. The minimum atomic E-state index is 0.245. The summed E-state index contributed by atoms with van der Waals surface area (Å²) in [7, 11) is 0. The summed E-state index contributed by atoms with van der Waals surface area (Å²) < 4.78 is 5.72. The van der Waals surface area contributed by atoms with Crippen molar-refractivity contribution < 1.29 is 4.42 Å². The molecule has 1 aromatic heterocycles. The van der Waals surface area contributed by atoms with Crippen molar-refractivity contribution in [3.63, 3.8) is 0 Å². The lowest BCUT2D eigenvalue weighted by Gasteiger charge is -2.25. The highest BCUT2D eigenvalue weighted by molar-refractivity contribution is 5.79. The van der Waals surface area contributed by atoms with E-state index in [2.05, 4.69) is 33.4 Å². The van der Waals surface area contributed by atoms with Gasteiger partial charge in [0.15, 0.2) is 5.96 Å². The number of furan rings is 1. The summed E-state index contributed by atoms with van der Waals surface area (Å²) in [6.45, 7) is 9.59. The van der Waals surface area contributed by atoms with Gasteiger partial charge in [0, 0.05) is 25.7 Å². The second-order valence-corrected chi connectivity index (χ2v) is 8.26. The van der Waals surface area contributed by atoms with Gasteiger partial charge >= 0.3 is 0 Å². The molecule has 1 aromatic rings. The molecule has 1 saturated carbocycles. The average Bonchev–Trinajstić information content (AvgIpc) is 3.14. The van der Waals surface area contributed by atoms with E-state index in [1.807, 2.05) is 6.07 Å². The Labute approximate surface area is 163 Å². The maximum Gasteiger partial charge on any atom is 0.191 e. The molecule has 0 amide bonds. The summed E-state index contributed by atoms with van der Waals surface area (Å²) in [4.78, 5) is 10.1. The Morgan fingerprint density at radius 3 is 2.78 bits per heavy atom. The first kappa shape index (κ1) is 18.8. The molecule has 0 spiro atoms. The fraction of sp³-hybridized carbons (Fsp3) is 0.762. The van der Waals surface area contributed by atoms with E-state index in [0.29, 0.717) is 0 Å². The van der Waals surface area contributed by atoms with Gasteiger partial charge in [-0.1, -0.05) is 0 Å². The molecule has 3 heterocycles. The third-order valence-corrected chi connectivity index (χ3v) is 6.16. The van der Waals surface area contributed by atoms with Crippen molar-refractivity contribution >= 4 is 5.96 Å². The van der Waals surface area contributed by atoms with Gasteiger partial charge in [0.25, 0.3) is 0 Å². The van der Waals surface area contributed by atoms with Crippen LogP contribution < -0.4 is 10.6 Å². The lowest BCUT2D eigenvalue weighted by molar-refractivity contribution is 0.221. The Bertz CT molecular complexity index is 592. The molecule has 2 unspecified atom stereocenters. The third kappa shape index (κ3) is 5.05. The standard InChI is InChI=1S/C21H35N5O/c1-2-22-21(23-14-17-9-12-26(16-17)18-7-8-18)24-15-19(20-6-5-13-27-20)25-10-3-4-11-25/h5-6,13,17-19H,2-4,7-12,14-16H2,1H3,(H2,22,23,24). The van der Waals surface area contributed by atoms with Crippen molar-refractivity contribution in [3.8, 4) is 0 Å². The van der Waals surface area contributed by atoms with Crippen LogP contribution in [0.25, 0.3) is 0 Å². The Balaban J connectivity index is 1.33. The van der Waals surface area contributed by atoms with Crippen LogP contribution in [0, 0.1) is 5.92 Å². The highest BCUT2D eigenvalue weighted by Gasteiger charge is 2.34. The maximum absolute atomic E-state index is 5.72. The van der Waals surface area contributed by atoms with Crippen molar-refractivity contribution in [2.45, 2.75) is 51.1 Å². The summed E-state index contributed by atoms with van der Waals surface area (Å²) in [5.41, 5.74) is 0. The number of hydrogen-bond acceptors (Lipinski definition) is 4. The van der Waals surface area contributed by atoms with Crippen molar-refractivity contribution in [3.05, 3.63) is 24.2 Å². The van der Waals surface area contributed by atoms with Crippen molar-refractivity contribution in [1.82, 2.24) is 20.4 Å². The maximum atomic E-state index is 5.72. The van der Waals surface area contributed by atoms with Gasteiger partial charge in [-0.2, -0.15) is 0 Å². The van der Waals surface area contributed by atoms with Gasteiger partial charge in [-0.3, -0.25) is 9.89 Å². The molecule has 3 aliphatic rings. The van der Waals surface area contributed by atoms with E-state index in [9.17, 15) is 0 Å². The average molecular weight is 374 g/mol. The fourth-order valence-corrected chi connectivity index (χ4v) is 4.48. The second kappa shape index (κ2) is 9.11. The number of aliphatic imine (C=N–C) groups is 1. The highest BCUT2D eigenvalue weighted by atomic mass is 16.3. The zero-order valence-corrected chi connectivity index (χ0v) is 16.7. The normalized spacial score (nSPS) is 25.8. The number of likely N-dealkylation sites (tertiary alicyclic amines) is 2. The molecule has 0 bridgehead atoms. The van der Waals surface area contributed by atoms with Crippen LogP contribution >= 0.6 is 0 Å². The summed E-state index contributed by atoms with van der Waals surface area (Å²) in [5, 5.41) is 7.02. The first-order chi connectivity index (χ1) is 13.3. The predicted molar refractivity (Wildman–Crippen MR) is 109 cm³/mol. The Kier molecular flexibility index (Phi) is 6.35. The van der Waals surface area contributed by atoms with Crippen molar-refractivity contribution in [2.24, 2.45) is 10.9 Å². The van der Waals surface area contributed by atoms with E-state index in [4.69, 9.17) is 9.41 Å². The zero-order valence-electron chi connectivity index (χ0n) is 16.7.